The number of nitrogens with zero attached hydrogens (tertiary/aromatic N) is 1. The molecule has 1 N–H and O–H groups in total. The molecule has 0 saturated heterocycles. The van der Waals surface area contributed by atoms with Crippen molar-refractivity contribution in [1.82, 2.24) is 5.32 Å². The van der Waals surface area contributed by atoms with E-state index in [1.807, 2.05) is 13.0 Å². The first-order valence-electron chi connectivity index (χ1n) is 16.0. The van der Waals surface area contributed by atoms with E-state index in [1.165, 1.54) is 0 Å². The molecule has 43 heavy (non-hydrogen) atoms. The van der Waals surface area contributed by atoms with Crippen LogP contribution < -0.4 is 5.32 Å². The minimum Gasteiger partial charge on any atom is -0.347 e. The van der Waals surface area contributed by atoms with Gasteiger partial charge in [0, 0.05) is 17.8 Å². The number of allylic oxidation sites excluding steroid dienone is 2. The highest BCUT2D eigenvalue weighted by molar-refractivity contribution is 6.01. The molecule has 0 heterocycles. The Labute approximate surface area is 257 Å². The van der Waals surface area contributed by atoms with Gasteiger partial charge in [0.2, 0.25) is 5.91 Å². The summed E-state index contributed by atoms with van der Waals surface area (Å²) in [5, 5.41) is 12.0. The van der Waals surface area contributed by atoms with Crippen molar-refractivity contribution in [3.8, 4) is 6.07 Å². The molecule has 0 aromatic rings. The van der Waals surface area contributed by atoms with Gasteiger partial charge in [-0.1, -0.05) is 74.8 Å². The van der Waals surface area contributed by atoms with E-state index in [0.717, 1.165) is 32.1 Å². The molecule has 6 atom stereocenters. The number of nitriles is 1. The normalized spacial score (nSPS) is 29.6. The highest BCUT2D eigenvalue weighted by atomic mass is 19.4. The number of alkyl halides is 3. The highest BCUT2D eigenvalue weighted by Gasteiger charge is 2.61. The number of ketones is 2. The molecule has 0 aromatic heterocycles. The molecule has 5 nitrogen and oxygen atoms in total. The van der Waals surface area contributed by atoms with Gasteiger partial charge < -0.3 is 10.1 Å². The van der Waals surface area contributed by atoms with Gasteiger partial charge in [0.15, 0.2) is 5.78 Å². The summed E-state index contributed by atoms with van der Waals surface area (Å²) in [5.41, 5.74) is -2.23. The van der Waals surface area contributed by atoms with Crippen molar-refractivity contribution in [2.75, 3.05) is 6.54 Å². The molecule has 0 aliphatic heterocycles. The SMILES string of the molecule is CCCC(C)(C)CC[C@@](C)(CCC(C)(C)[C@]1(C)CC[C@H]2[C@H](C)C(=O)C(C#N)=C[C@]2(C)[C@H]1CC(C)=O)C(=O)NCC(F)(F)F. The van der Waals surface area contributed by atoms with Crippen molar-refractivity contribution >= 4 is 17.5 Å². The zero-order valence-corrected chi connectivity index (χ0v) is 28.2. The van der Waals surface area contributed by atoms with Crippen LogP contribution in [0.1, 0.15) is 127 Å². The van der Waals surface area contributed by atoms with Crippen molar-refractivity contribution < 1.29 is 27.6 Å². The van der Waals surface area contributed by atoms with Gasteiger partial charge in [-0.05, 0) is 85.4 Å². The highest BCUT2D eigenvalue weighted by Crippen LogP contribution is 2.66. The second-order valence-electron chi connectivity index (χ2n) is 15.9. The third-order valence-corrected chi connectivity index (χ3v) is 11.8. The van der Waals surface area contributed by atoms with E-state index in [1.54, 1.807) is 13.8 Å². The molecule has 2 rings (SSSR count). The molecule has 1 saturated carbocycles. The molecule has 2 aliphatic carbocycles. The lowest BCUT2D eigenvalue weighted by Gasteiger charge is -2.62. The summed E-state index contributed by atoms with van der Waals surface area (Å²) < 4.78 is 39.3. The summed E-state index contributed by atoms with van der Waals surface area (Å²) >= 11 is 0. The second kappa shape index (κ2) is 13.1. The van der Waals surface area contributed by atoms with Crippen LogP contribution in [-0.4, -0.2) is 30.2 Å². The van der Waals surface area contributed by atoms with Gasteiger partial charge in [0.25, 0.3) is 0 Å². The van der Waals surface area contributed by atoms with Gasteiger partial charge in [0.1, 0.15) is 18.4 Å². The number of rotatable bonds is 13. The fraction of sp³-hybridized carbons (Fsp3) is 0.829. The van der Waals surface area contributed by atoms with Crippen LogP contribution in [0.3, 0.4) is 0 Å². The van der Waals surface area contributed by atoms with Crippen LogP contribution >= 0.6 is 0 Å². The third kappa shape index (κ3) is 8.11. The van der Waals surface area contributed by atoms with Crippen molar-refractivity contribution in [3.63, 3.8) is 0 Å². The summed E-state index contributed by atoms with van der Waals surface area (Å²) in [6.07, 6.45) is 3.29. The van der Waals surface area contributed by atoms with Gasteiger partial charge in [-0.25, -0.2) is 0 Å². The minimum absolute atomic E-state index is 0.00420. The first-order valence-corrected chi connectivity index (χ1v) is 16.0. The predicted molar refractivity (Wildman–Crippen MR) is 164 cm³/mol. The maximum absolute atomic E-state index is 13.4. The number of Topliss-reactive ketones (excluding diaryl/α,β-unsaturated/α-hetero) is 2. The van der Waals surface area contributed by atoms with Crippen LogP contribution in [0.4, 0.5) is 13.2 Å². The van der Waals surface area contributed by atoms with E-state index in [0.29, 0.717) is 25.7 Å². The van der Waals surface area contributed by atoms with E-state index < -0.39 is 40.3 Å². The second-order valence-corrected chi connectivity index (χ2v) is 15.9. The Balaban J connectivity index is 2.49. The minimum atomic E-state index is -4.49. The van der Waals surface area contributed by atoms with Crippen LogP contribution in [0.25, 0.3) is 0 Å². The Bertz CT molecular complexity index is 1130. The van der Waals surface area contributed by atoms with E-state index in [4.69, 9.17) is 0 Å². The Morgan fingerprint density at radius 1 is 1.05 bits per heavy atom. The van der Waals surface area contributed by atoms with Crippen molar-refractivity contribution in [2.24, 2.45) is 44.8 Å². The van der Waals surface area contributed by atoms with E-state index in [-0.39, 0.29) is 40.3 Å². The lowest BCUT2D eigenvalue weighted by Crippen LogP contribution is -2.57. The maximum Gasteiger partial charge on any atom is 0.405 e. The Hall–Kier alpha value is -2.17. The topological polar surface area (TPSA) is 87.0 Å². The van der Waals surface area contributed by atoms with Gasteiger partial charge in [0.05, 0.1) is 5.57 Å². The molecule has 0 bridgehead atoms. The molecule has 0 spiro atoms. The predicted octanol–water partition coefficient (Wildman–Crippen LogP) is 8.77. The number of halogens is 3. The van der Waals surface area contributed by atoms with Gasteiger partial charge >= 0.3 is 6.18 Å². The third-order valence-electron chi connectivity index (χ3n) is 11.8. The number of fused-ring (bicyclic) bond motifs is 1. The van der Waals surface area contributed by atoms with Crippen LogP contribution in [0.15, 0.2) is 11.6 Å². The van der Waals surface area contributed by atoms with E-state index in [9.17, 15) is 32.8 Å². The van der Waals surface area contributed by atoms with Gasteiger partial charge in [-0.3, -0.25) is 9.59 Å². The molecule has 244 valence electrons. The first-order chi connectivity index (χ1) is 19.5. The number of carbonyl (C=O) groups excluding carboxylic acids is 3. The number of nitrogens with one attached hydrogen (secondary N) is 1. The summed E-state index contributed by atoms with van der Waals surface area (Å²) in [6.45, 7) is 18.8. The van der Waals surface area contributed by atoms with Crippen LogP contribution in [0.2, 0.25) is 0 Å². The summed E-state index contributed by atoms with van der Waals surface area (Å²) in [4.78, 5) is 39.1. The Kier molecular flexibility index (Phi) is 11.2. The van der Waals surface area contributed by atoms with Crippen molar-refractivity contribution in [2.45, 2.75) is 133 Å². The number of hydrogen-bond donors (Lipinski definition) is 1. The lowest BCUT2D eigenvalue weighted by atomic mass is 9.41. The molecular formula is C35H55F3N2O3. The van der Waals surface area contributed by atoms with Gasteiger partial charge in [-0.15, -0.1) is 0 Å². The van der Waals surface area contributed by atoms with Crippen LogP contribution in [0.5, 0.6) is 0 Å². The van der Waals surface area contributed by atoms with Crippen molar-refractivity contribution in [1.29, 1.82) is 5.26 Å². The average Bonchev–Trinajstić information content (AvgIpc) is 2.88. The van der Waals surface area contributed by atoms with Crippen LogP contribution in [-0.2, 0) is 14.4 Å². The van der Waals surface area contributed by atoms with E-state index >= 15 is 0 Å². The molecule has 0 radical (unpaired) electrons. The molecule has 1 fully saturated rings. The Morgan fingerprint density at radius 2 is 1.63 bits per heavy atom. The van der Waals surface area contributed by atoms with Gasteiger partial charge in [-0.2, -0.15) is 18.4 Å². The molecule has 0 unspecified atom stereocenters. The zero-order chi connectivity index (χ0) is 33.2. The molecule has 8 heteroatoms. The summed E-state index contributed by atoms with van der Waals surface area (Å²) in [7, 11) is 0. The monoisotopic (exact) mass is 608 g/mol. The molecule has 2 aliphatic rings. The number of hydrogen-bond acceptors (Lipinski definition) is 4. The standard InChI is InChI=1S/C35H55F3N2O3/c1-11-13-30(4,5)15-17-32(8,29(43)40-22-35(36,37)38)18-16-31(6,7)34(10)14-12-26-24(3)28(42)25(21-39)20-33(26,9)27(34)19-23(2)41/h20,24,26-27H,11-19,22H2,1-10H3,(H,40,43)/t24-,26-,27+,32-,33-,34+/m0/s1. The summed E-state index contributed by atoms with van der Waals surface area (Å²) in [6, 6.07) is 2.10. The van der Waals surface area contributed by atoms with Crippen molar-refractivity contribution in [3.05, 3.63) is 11.6 Å². The van der Waals surface area contributed by atoms with Crippen LogP contribution in [0, 0.1) is 56.2 Å². The fourth-order valence-corrected chi connectivity index (χ4v) is 8.36. The largest absolute Gasteiger partial charge is 0.405 e. The Morgan fingerprint density at radius 3 is 2.14 bits per heavy atom. The average molecular weight is 609 g/mol. The number of amides is 1. The maximum atomic E-state index is 13.4. The van der Waals surface area contributed by atoms with E-state index in [2.05, 4.69) is 59.9 Å². The zero-order valence-electron chi connectivity index (χ0n) is 28.2. The first kappa shape index (κ1) is 37.0. The lowest BCUT2D eigenvalue weighted by molar-refractivity contribution is -0.149. The molecule has 1 amide bonds. The quantitative estimate of drug-likeness (QED) is 0.226. The summed E-state index contributed by atoms with van der Waals surface area (Å²) in [5.74, 6) is -1.14. The molecule has 0 aromatic carbocycles. The number of carbonyl (C=O) groups is 3. The fourth-order valence-electron chi connectivity index (χ4n) is 8.36. The smallest absolute Gasteiger partial charge is 0.347 e. The molecular weight excluding hydrogens is 553 g/mol.